The van der Waals surface area contributed by atoms with Gasteiger partial charge in [-0.15, -0.1) is 0 Å². The molecule has 2 aliphatic heterocycles. The molecule has 1 N–H and O–H groups in total. The zero-order chi connectivity index (χ0) is 38.2. The van der Waals surface area contributed by atoms with Crippen LogP contribution in [0.4, 0.5) is 11.4 Å². The van der Waals surface area contributed by atoms with Crippen LogP contribution in [0.25, 0.3) is 33.4 Å². The van der Waals surface area contributed by atoms with Crippen LogP contribution < -0.4 is 46.9 Å². The van der Waals surface area contributed by atoms with Crippen LogP contribution in [-0.2, 0) is 30.3 Å². The molecule has 2 heterocycles. The van der Waals surface area contributed by atoms with Crippen LogP contribution in [0, 0.1) is 6.92 Å². The third kappa shape index (κ3) is 9.69. The van der Waals surface area contributed by atoms with E-state index in [1.165, 1.54) is 14.2 Å². The second-order valence-corrected chi connectivity index (χ2v) is 13.4. The summed E-state index contributed by atoms with van der Waals surface area (Å²) in [6, 6.07) is 24.5. The summed E-state index contributed by atoms with van der Waals surface area (Å²) in [6.07, 6.45) is 0. The fourth-order valence-corrected chi connectivity index (χ4v) is 6.64. The zero-order valence-corrected chi connectivity index (χ0v) is 33.0. The average molecular weight is 773 g/mol. The summed E-state index contributed by atoms with van der Waals surface area (Å²) >= 11 is 0. The number of aryl methyl sites for hydroxylation is 1. The molecule has 0 fully saturated rings. The molecule has 3 aliphatic rings. The number of esters is 2. The Morgan fingerprint density at radius 1 is 0.782 bits per heavy atom. The molecule has 3 aromatic carbocycles. The highest BCUT2D eigenvalue weighted by Gasteiger charge is 2.23. The van der Waals surface area contributed by atoms with E-state index in [0.29, 0.717) is 50.0 Å². The molecular weight excluding hydrogens is 724 g/mol. The van der Waals surface area contributed by atoms with E-state index < -0.39 is 5.97 Å². The monoisotopic (exact) mass is 772 g/mol. The zero-order valence-electron chi connectivity index (χ0n) is 32.3. The van der Waals surface area contributed by atoms with Gasteiger partial charge in [-0.3, -0.25) is 9.59 Å². The number of methoxy groups -OCH3 is 2. The van der Waals surface area contributed by atoms with Crippen molar-refractivity contribution in [3.63, 3.8) is 0 Å². The van der Waals surface area contributed by atoms with Crippen molar-refractivity contribution in [1.82, 2.24) is 9.89 Å². The van der Waals surface area contributed by atoms with E-state index in [-0.39, 0.29) is 44.7 Å². The number of benzene rings is 4. The maximum atomic E-state index is 12.7. The summed E-state index contributed by atoms with van der Waals surface area (Å²) < 4.78 is 37.7. The fraction of sp³-hybridized carbons (Fsp3) is 0.357. The molecule has 0 spiro atoms. The predicted molar refractivity (Wildman–Crippen MR) is 210 cm³/mol. The smallest absolute Gasteiger partial charge is 0.325 e. The Morgan fingerprint density at radius 3 is 2.04 bits per heavy atom. The normalized spacial score (nSPS) is 13.6. The first-order valence-electron chi connectivity index (χ1n) is 18.1. The first-order valence-corrected chi connectivity index (χ1v) is 18.1. The van der Waals surface area contributed by atoms with Gasteiger partial charge in [0.1, 0.15) is 63.2 Å². The second-order valence-electron chi connectivity index (χ2n) is 13.4. The number of anilines is 2. The third-order valence-electron chi connectivity index (χ3n) is 9.42. The van der Waals surface area contributed by atoms with Crippen molar-refractivity contribution < 1.29 is 50.1 Å². The minimum atomic E-state index is -0.392. The topological polar surface area (TPSA) is 115 Å². The maximum Gasteiger partial charge on any atom is 0.325 e. The minimum absolute atomic E-state index is 0. The molecule has 0 atom stereocenters. The summed E-state index contributed by atoms with van der Waals surface area (Å²) in [7, 11) is 8.69. The van der Waals surface area contributed by atoms with Crippen molar-refractivity contribution >= 4 is 34.3 Å². The van der Waals surface area contributed by atoms with Crippen LogP contribution in [0.3, 0.4) is 0 Å². The molecule has 12 nitrogen and oxygen atoms in total. The Labute approximate surface area is 327 Å². The van der Waals surface area contributed by atoms with E-state index in [4.69, 9.17) is 28.1 Å². The number of ether oxygens (including phenoxy) is 5. The highest BCUT2D eigenvalue weighted by molar-refractivity contribution is 6.02. The molecule has 6 rings (SSSR count). The molecule has 0 bridgehead atoms. The van der Waals surface area contributed by atoms with Crippen LogP contribution in [-0.4, -0.2) is 99.9 Å². The van der Waals surface area contributed by atoms with Crippen molar-refractivity contribution in [2.75, 3.05) is 97.8 Å². The number of hydrogen-bond donors (Lipinski definition) is 1. The third-order valence-corrected chi connectivity index (χ3v) is 9.42. The number of carbonyl (C=O) groups excluding carboxylic acids is 2. The lowest BCUT2D eigenvalue weighted by molar-refractivity contribution is -0.139. The second kappa shape index (κ2) is 18.8. The van der Waals surface area contributed by atoms with Gasteiger partial charge in [0.15, 0.2) is 0 Å². The average Bonchev–Trinajstić information content (AvgIpc) is 3.17. The molecule has 13 heteroatoms. The molecule has 0 saturated heterocycles. The molecule has 0 amide bonds. The summed E-state index contributed by atoms with van der Waals surface area (Å²) in [5.74, 6) is 1.19. The van der Waals surface area contributed by atoms with Gasteiger partial charge in [0, 0.05) is 42.2 Å². The highest BCUT2D eigenvalue weighted by atomic mass is 35.5. The summed E-state index contributed by atoms with van der Waals surface area (Å²) in [5.41, 5.74) is 7.24. The number of hydrogen-bond acceptors (Lipinski definition) is 11. The molecule has 1 aliphatic carbocycles. The Morgan fingerprint density at radius 2 is 1.42 bits per heavy atom. The summed E-state index contributed by atoms with van der Waals surface area (Å²) in [5, 5.41) is 5.22. The standard InChI is InChI=1S/C42H49N4O8.ClH/c1-28-7-13-34-38(21-28)52-19-20-53-39-23-30(9-14-35(39)46(27-41(48)50-6)16-18-51-17-15-45(34)26-40(47)49-5)42-32-11-8-29(25-43-2)22-36(32)54-37-24-31(44(3)4)10-12-33(37)42;/h7-14,21-24,43H,15-20,25-27H2,1-6H3;1H/q+1;/p-1. The lowest BCUT2D eigenvalue weighted by Crippen LogP contribution is -3.00. The highest BCUT2D eigenvalue weighted by Crippen LogP contribution is 2.43. The number of nitrogens with one attached hydrogen (secondary N) is 1. The van der Waals surface area contributed by atoms with Crippen molar-refractivity contribution in [3.05, 3.63) is 89.3 Å². The van der Waals surface area contributed by atoms with Gasteiger partial charge in [-0.25, -0.2) is 4.58 Å². The van der Waals surface area contributed by atoms with Crippen LogP contribution in [0.5, 0.6) is 11.5 Å². The number of nitrogens with zero attached hydrogens (tertiary/aromatic N) is 3. The van der Waals surface area contributed by atoms with Gasteiger partial charge in [0.05, 0.1) is 44.9 Å². The minimum Gasteiger partial charge on any atom is -1.00 e. The Bertz CT molecular complexity index is 2170. The number of rotatable bonds is 7. The molecule has 0 unspecified atom stereocenters. The van der Waals surface area contributed by atoms with Gasteiger partial charge < -0.3 is 55.6 Å². The van der Waals surface area contributed by atoms with Crippen molar-refractivity contribution in [3.8, 4) is 33.9 Å². The van der Waals surface area contributed by atoms with E-state index in [2.05, 4.69) is 52.4 Å². The number of fused-ring (bicyclic) bond motifs is 4. The first kappa shape index (κ1) is 40.9. The number of halogens is 1. The maximum absolute atomic E-state index is 12.7. The summed E-state index contributed by atoms with van der Waals surface area (Å²) in [6.45, 7) is 4.56. The van der Waals surface area contributed by atoms with Crippen LogP contribution in [0.2, 0.25) is 0 Å². The van der Waals surface area contributed by atoms with E-state index in [0.717, 1.165) is 55.6 Å². The fourth-order valence-electron chi connectivity index (χ4n) is 6.64. The predicted octanol–water partition coefficient (Wildman–Crippen LogP) is 1.72. The van der Waals surface area contributed by atoms with Gasteiger partial charge in [-0.2, -0.15) is 0 Å². The Balaban J connectivity index is 0.00000580. The van der Waals surface area contributed by atoms with Gasteiger partial charge >= 0.3 is 11.9 Å². The molecule has 3 aromatic rings. The Kier molecular flexibility index (Phi) is 14.0. The van der Waals surface area contributed by atoms with Gasteiger partial charge in [0.2, 0.25) is 5.36 Å². The van der Waals surface area contributed by atoms with E-state index in [9.17, 15) is 9.59 Å². The van der Waals surface area contributed by atoms with Gasteiger partial charge in [0.25, 0.3) is 0 Å². The molecule has 0 saturated carbocycles. The molecule has 55 heavy (non-hydrogen) atoms. The van der Waals surface area contributed by atoms with Gasteiger partial charge in [-0.1, -0.05) is 24.3 Å². The van der Waals surface area contributed by atoms with Crippen molar-refractivity contribution in [2.45, 2.75) is 13.5 Å². The molecule has 0 radical (unpaired) electrons. The van der Waals surface area contributed by atoms with E-state index in [1.807, 2.05) is 68.2 Å². The molecule has 0 aromatic heterocycles. The Hall–Kier alpha value is -5.30. The van der Waals surface area contributed by atoms with Gasteiger partial charge in [-0.05, 0) is 67.1 Å². The quantitative estimate of drug-likeness (QED) is 0.148. The summed E-state index contributed by atoms with van der Waals surface area (Å²) in [4.78, 5) is 28.9. The van der Waals surface area contributed by atoms with E-state index >= 15 is 0 Å². The van der Waals surface area contributed by atoms with Crippen molar-refractivity contribution in [1.29, 1.82) is 0 Å². The SMILES string of the molecule is CNCc1ccc2c(-c3ccc4c(c3)OCCOc3cc(C)ccc3N(CC(=O)OC)CCOCCN4CC(=O)OC)c3ccc(=[N+](C)C)cc-3oc2c1.[Cl-]. The molecular formula is C42H49ClN4O8. The van der Waals surface area contributed by atoms with Crippen LogP contribution >= 0.6 is 0 Å². The lowest BCUT2D eigenvalue weighted by Gasteiger charge is -2.27. The van der Waals surface area contributed by atoms with Crippen molar-refractivity contribution in [2.24, 2.45) is 0 Å². The van der Waals surface area contributed by atoms with Crippen LogP contribution in [0.1, 0.15) is 11.1 Å². The number of carbonyl (C=O) groups is 2. The first-order chi connectivity index (χ1) is 26.2. The van der Waals surface area contributed by atoms with E-state index in [1.54, 1.807) is 0 Å². The molecule has 292 valence electrons. The largest absolute Gasteiger partial charge is 1.00 e. The lowest BCUT2D eigenvalue weighted by atomic mass is 9.92. The van der Waals surface area contributed by atoms with Crippen LogP contribution in [0.15, 0.2) is 77.2 Å².